The average molecular weight is 361 g/mol. The molecule has 1 aliphatic rings. The van der Waals surface area contributed by atoms with Gasteiger partial charge in [0, 0.05) is 17.7 Å². The Morgan fingerprint density at radius 3 is 2.52 bits per heavy atom. The van der Waals surface area contributed by atoms with Gasteiger partial charge >= 0.3 is 0 Å². The number of benzene rings is 2. The van der Waals surface area contributed by atoms with Crippen molar-refractivity contribution in [2.75, 3.05) is 13.7 Å². The summed E-state index contributed by atoms with van der Waals surface area (Å²) in [5.74, 6) is 0.825. The lowest BCUT2D eigenvalue weighted by Gasteiger charge is -2.26. The molecule has 1 N–H and O–H groups in total. The van der Waals surface area contributed by atoms with Gasteiger partial charge in [0.05, 0.1) is 18.8 Å². The molecule has 0 spiro atoms. The Kier molecular flexibility index (Phi) is 4.67. The number of hydrogen-bond donors (Lipinski definition) is 1. The van der Waals surface area contributed by atoms with Crippen LogP contribution in [0.4, 0.5) is 0 Å². The van der Waals surface area contributed by atoms with Crippen molar-refractivity contribution in [2.24, 2.45) is 0 Å². The van der Waals surface area contributed by atoms with Crippen molar-refractivity contribution in [1.82, 2.24) is 15.1 Å². The van der Waals surface area contributed by atoms with Crippen molar-refractivity contribution in [3.63, 3.8) is 0 Å². The van der Waals surface area contributed by atoms with Gasteiger partial charge < -0.3 is 9.64 Å². The molecule has 5 nitrogen and oxygen atoms in total. The maximum absolute atomic E-state index is 13.1. The van der Waals surface area contributed by atoms with Crippen LogP contribution in [0.25, 0.3) is 11.3 Å². The van der Waals surface area contributed by atoms with E-state index in [0.717, 1.165) is 47.5 Å². The minimum Gasteiger partial charge on any atom is -0.497 e. The topological polar surface area (TPSA) is 58.2 Å². The molecule has 1 unspecified atom stereocenters. The summed E-state index contributed by atoms with van der Waals surface area (Å²) in [6.07, 6.45) is 2.02. The fraction of sp³-hybridized carbons (Fsp3) is 0.273. The first-order valence-electron chi connectivity index (χ1n) is 9.33. The summed E-state index contributed by atoms with van der Waals surface area (Å²) in [4.78, 5) is 15.0. The molecule has 0 saturated carbocycles. The van der Waals surface area contributed by atoms with Gasteiger partial charge in [-0.25, -0.2) is 0 Å². The number of methoxy groups -OCH3 is 1. The van der Waals surface area contributed by atoms with Crippen LogP contribution in [0, 0.1) is 0 Å². The molecule has 0 radical (unpaired) electrons. The predicted molar refractivity (Wildman–Crippen MR) is 105 cm³/mol. The van der Waals surface area contributed by atoms with E-state index < -0.39 is 0 Å². The van der Waals surface area contributed by atoms with Crippen molar-refractivity contribution >= 4 is 5.91 Å². The number of unbranched alkanes of at least 4 members (excludes halogenated alkanes) is 1. The molecule has 3 aromatic rings. The predicted octanol–water partition coefficient (Wildman–Crippen LogP) is 4.43. The SMILES string of the molecule is CCCCN1C(=O)c2[nH]nc(-c3ccc(OC)cc3)c2C1c1ccccc1. The molecule has 1 amide bonds. The Morgan fingerprint density at radius 1 is 1.11 bits per heavy atom. The van der Waals surface area contributed by atoms with E-state index >= 15 is 0 Å². The first kappa shape index (κ1) is 17.3. The lowest BCUT2D eigenvalue weighted by Crippen LogP contribution is -2.30. The lowest BCUT2D eigenvalue weighted by molar-refractivity contribution is 0.0741. The maximum Gasteiger partial charge on any atom is 0.273 e. The Labute approximate surface area is 159 Å². The average Bonchev–Trinajstić information content (AvgIpc) is 3.26. The monoisotopic (exact) mass is 361 g/mol. The number of nitrogens with one attached hydrogen (secondary N) is 1. The highest BCUT2D eigenvalue weighted by molar-refractivity contribution is 6.00. The van der Waals surface area contributed by atoms with Gasteiger partial charge in [0.2, 0.25) is 0 Å². The van der Waals surface area contributed by atoms with Gasteiger partial charge in [0.25, 0.3) is 5.91 Å². The third kappa shape index (κ3) is 2.99. The van der Waals surface area contributed by atoms with Crippen LogP contribution in [0.1, 0.15) is 47.4 Å². The zero-order valence-corrected chi connectivity index (χ0v) is 15.6. The van der Waals surface area contributed by atoms with E-state index in [2.05, 4.69) is 29.3 Å². The second-order valence-corrected chi connectivity index (χ2v) is 6.75. The lowest BCUT2D eigenvalue weighted by atomic mass is 9.96. The summed E-state index contributed by atoms with van der Waals surface area (Å²) in [5, 5.41) is 7.49. The van der Waals surface area contributed by atoms with Crippen LogP contribution in [-0.4, -0.2) is 34.7 Å². The molecule has 0 bridgehead atoms. The fourth-order valence-electron chi connectivity index (χ4n) is 3.71. The Bertz CT molecular complexity index is 932. The molecule has 138 valence electrons. The van der Waals surface area contributed by atoms with Gasteiger partial charge in [-0.1, -0.05) is 43.7 Å². The van der Waals surface area contributed by atoms with E-state index in [4.69, 9.17) is 4.74 Å². The highest BCUT2D eigenvalue weighted by atomic mass is 16.5. The number of carbonyl (C=O) groups excluding carboxylic acids is 1. The minimum atomic E-state index is -0.115. The van der Waals surface area contributed by atoms with E-state index in [-0.39, 0.29) is 11.9 Å². The van der Waals surface area contributed by atoms with Crippen molar-refractivity contribution in [2.45, 2.75) is 25.8 Å². The molecule has 1 atom stereocenters. The summed E-state index contributed by atoms with van der Waals surface area (Å²) in [6.45, 7) is 2.88. The van der Waals surface area contributed by atoms with E-state index in [9.17, 15) is 4.79 Å². The van der Waals surface area contributed by atoms with Gasteiger partial charge in [0.15, 0.2) is 0 Å². The molecule has 0 fully saturated rings. The molecule has 5 heteroatoms. The van der Waals surface area contributed by atoms with Gasteiger partial charge in [0.1, 0.15) is 11.4 Å². The molecule has 0 saturated heterocycles. The van der Waals surface area contributed by atoms with Crippen LogP contribution in [0.2, 0.25) is 0 Å². The zero-order valence-electron chi connectivity index (χ0n) is 15.6. The largest absolute Gasteiger partial charge is 0.497 e. The third-order valence-electron chi connectivity index (χ3n) is 5.10. The van der Waals surface area contributed by atoms with Crippen LogP contribution in [0.3, 0.4) is 0 Å². The number of rotatable bonds is 6. The number of hydrogen-bond acceptors (Lipinski definition) is 3. The van der Waals surface area contributed by atoms with Crippen molar-refractivity contribution in [3.05, 3.63) is 71.4 Å². The van der Waals surface area contributed by atoms with Gasteiger partial charge in [-0.2, -0.15) is 5.10 Å². The number of aromatic nitrogens is 2. The van der Waals surface area contributed by atoms with E-state index in [1.54, 1.807) is 7.11 Å². The smallest absolute Gasteiger partial charge is 0.273 e. The van der Waals surface area contributed by atoms with Crippen molar-refractivity contribution in [3.8, 4) is 17.0 Å². The third-order valence-corrected chi connectivity index (χ3v) is 5.10. The number of nitrogens with zero attached hydrogens (tertiary/aromatic N) is 2. The zero-order chi connectivity index (χ0) is 18.8. The van der Waals surface area contributed by atoms with Crippen molar-refractivity contribution < 1.29 is 9.53 Å². The van der Waals surface area contributed by atoms with E-state index in [1.807, 2.05) is 47.4 Å². The quantitative estimate of drug-likeness (QED) is 0.706. The Hall–Kier alpha value is -3.08. The summed E-state index contributed by atoms with van der Waals surface area (Å²) < 4.78 is 5.26. The molecular weight excluding hydrogens is 338 g/mol. The summed E-state index contributed by atoms with van der Waals surface area (Å²) in [6, 6.07) is 17.9. The fourth-order valence-corrected chi connectivity index (χ4v) is 3.71. The number of aromatic amines is 1. The molecule has 0 aliphatic carbocycles. The molecule has 27 heavy (non-hydrogen) atoms. The molecule has 4 rings (SSSR count). The minimum absolute atomic E-state index is 0.0274. The first-order chi connectivity index (χ1) is 13.2. The van der Waals surface area contributed by atoms with Gasteiger partial charge in [-0.15, -0.1) is 0 Å². The Morgan fingerprint density at radius 2 is 1.85 bits per heavy atom. The standard InChI is InChI=1S/C22H23N3O2/c1-3-4-14-25-21(16-8-6-5-7-9-16)18-19(23-24-20(18)22(25)26)15-10-12-17(27-2)13-11-15/h5-13,21H,3-4,14H2,1-2H3,(H,23,24). The van der Waals surface area contributed by atoms with Gasteiger partial charge in [-0.3, -0.25) is 9.89 Å². The second-order valence-electron chi connectivity index (χ2n) is 6.75. The number of amides is 1. The highest BCUT2D eigenvalue weighted by Crippen LogP contribution is 2.42. The number of ether oxygens (including phenoxy) is 1. The molecular formula is C22H23N3O2. The van der Waals surface area contributed by atoms with Crippen LogP contribution >= 0.6 is 0 Å². The molecule has 1 aliphatic heterocycles. The van der Waals surface area contributed by atoms with Crippen LogP contribution in [-0.2, 0) is 0 Å². The summed E-state index contributed by atoms with van der Waals surface area (Å²) in [7, 11) is 1.65. The molecule has 2 aromatic carbocycles. The Balaban J connectivity index is 1.82. The number of fused-ring (bicyclic) bond motifs is 1. The first-order valence-corrected chi connectivity index (χ1v) is 9.33. The molecule has 2 heterocycles. The highest BCUT2D eigenvalue weighted by Gasteiger charge is 2.41. The van der Waals surface area contributed by atoms with E-state index in [1.165, 1.54) is 0 Å². The molecule has 1 aromatic heterocycles. The van der Waals surface area contributed by atoms with Crippen LogP contribution < -0.4 is 4.74 Å². The number of carbonyl (C=O) groups is 1. The maximum atomic E-state index is 13.1. The summed E-state index contributed by atoms with van der Waals surface area (Å²) in [5.41, 5.74) is 4.48. The normalized spacial score (nSPS) is 15.9. The summed E-state index contributed by atoms with van der Waals surface area (Å²) >= 11 is 0. The van der Waals surface area contributed by atoms with Crippen LogP contribution in [0.5, 0.6) is 5.75 Å². The number of H-pyrrole nitrogens is 1. The van der Waals surface area contributed by atoms with Crippen LogP contribution in [0.15, 0.2) is 54.6 Å². The van der Waals surface area contributed by atoms with E-state index in [0.29, 0.717) is 5.69 Å². The van der Waals surface area contributed by atoms with Crippen molar-refractivity contribution in [1.29, 1.82) is 0 Å². The second kappa shape index (κ2) is 7.27. The van der Waals surface area contributed by atoms with Gasteiger partial charge in [-0.05, 0) is 36.2 Å².